The van der Waals surface area contributed by atoms with Gasteiger partial charge in [-0.25, -0.2) is 0 Å². The molecule has 0 spiro atoms. The fraction of sp³-hybridized carbons (Fsp3) is 0.667. The number of anilines is 1. The molecule has 136 valence electrons. The normalized spacial score (nSPS) is 38.5. The first kappa shape index (κ1) is 16.7. The van der Waals surface area contributed by atoms with E-state index in [1.165, 1.54) is 19.3 Å². The summed E-state index contributed by atoms with van der Waals surface area (Å²) < 4.78 is 10.7. The van der Waals surface area contributed by atoms with Crippen molar-refractivity contribution < 1.29 is 14.3 Å². The molecule has 1 aromatic rings. The second-order valence-electron chi connectivity index (χ2n) is 9.43. The Balaban J connectivity index is 1.61. The van der Waals surface area contributed by atoms with Crippen LogP contribution in [0.3, 0.4) is 0 Å². The zero-order chi connectivity index (χ0) is 17.9. The third kappa shape index (κ3) is 2.70. The molecule has 4 aliphatic carbocycles. The Kier molecular flexibility index (Phi) is 3.61. The molecule has 4 heteroatoms. The average molecular weight is 343 g/mol. The highest BCUT2D eigenvalue weighted by atomic mass is 16.5. The summed E-state index contributed by atoms with van der Waals surface area (Å²) in [4.78, 5) is 13.4. The number of carbonyl (C=O) groups excluding carboxylic acids is 1. The summed E-state index contributed by atoms with van der Waals surface area (Å²) in [5, 5.41) is 3.18. The van der Waals surface area contributed by atoms with Crippen LogP contribution in [0.5, 0.6) is 11.5 Å². The predicted molar refractivity (Wildman–Crippen MR) is 98.0 cm³/mol. The van der Waals surface area contributed by atoms with Gasteiger partial charge >= 0.3 is 0 Å². The number of amides is 1. The molecule has 4 nitrogen and oxygen atoms in total. The number of nitrogens with one attached hydrogen (secondary N) is 1. The fourth-order valence-electron chi connectivity index (χ4n) is 6.86. The molecule has 0 heterocycles. The molecule has 4 aliphatic rings. The average Bonchev–Trinajstić information content (AvgIpc) is 2.51. The molecular weight excluding hydrogens is 314 g/mol. The van der Waals surface area contributed by atoms with Crippen LogP contribution in [0.15, 0.2) is 18.2 Å². The summed E-state index contributed by atoms with van der Waals surface area (Å²) >= 11 is 0. The molecule has 2 atom stereocenters. The monoisotopic (exact) mass is 343 g/mol. The van der Waals surface area contributed by atoms with E-state index < -0.39 is 0 Å². The van der Waals surface area contributed by atoms with Gasteiger partial charge in [0, 0.05) is 6.07 Å². The van der Waals surface area contributed by atoms with Gasteiger partial charge in [-0.15, -0.1) is 0 Å². The van der Waals surface area contributed by atoms with Crippen LogP contribution in [-0.2, 0) is 4.79 Å². The number of hydrogen-bond acceptors (Lipinski definition) is 3. The van der Waals surface area contributed by atoms with Gasteiger partial charge in [0.2, 0.25) is 5.91 Å². The lowest BCUT2D eigenvalue weighted by molar-refractivity contribution is -0.165. The number of methoxy groups -OCH3 is 2. The van der Waals surface area contributed by atoms with Gasteiger partial charge in [0.1, 0.15) is 11.5 Å². The van der Waals surface area contributed by atoms with Crippen molar-refractivity contribution in [1.29, 1.82) is 0 Å². The van der Waals surface area contributed by atoms with Crippen LogP contribution in [-0.4, -0.2) is 20.1 Å². The lowest BCUT2D eigenvalue weighted by Crippen LogP contribution is -2.58. The molecular formula is C21H29NO3. The number of ether oxygens (including phenoxy) is 2. The second-order valence-corrected chi connectivity index (χ2v) is 9.43. The highest BCUT2D eigenvalue weighted by molar-refractivity contribution is 5.97. The van der Waals surface area contributed by atoms with Gasteiger partial charge < -0.3 is 14.8 Å². The van der Waals surface area contributed by atoms with Crippen LogP contribution in [0.4, 0.5) is 5.69 Å². The smallest absolute Gasteiger partial charge is 0.230 e. The van der Waals surface area contributed by atoms with E-state index in [1.54, 1.807) is 14.2 Å². The first-order valence-corrected chi connectivity index (χ1v) is 9.32. The van der Waals surface area contributed by atoms with E-state index in [0.29, 0.717) is 22.5 Å². The van der Waals surface area contributed by atoms with E-state index in [9.17, 15) is 4.79 Å². The maximum Gasteiger partial charge on any atom is 0.230 e. The van der Waals surface area contributed by atoms with Crippen molar-refractivity contribution in [3.63, 3.8) is 0 Å². The number of carbonyl (C=O) groups is 1. The number of benzene rings is 1. The second kappa shape index (κ2) is 5.39. The van der Waals surface area contributed by atoms with Crippen LogP contribution >= 0.6 is 0 Å². The van der Waals surface area contributed by atoms with Crippen molar-refractivity contribution in [2.45, 2.75) is 52.4 Å². The van der Waals surface area contributed by atoms with E-state index in [0.717, 1.165) is 30.7 Å². The fourth-order valence-corrected chi connectivity index (χ4v) is 6.86. The van der Waals surface area contributed by atoms with E-state index in [1.807, 2.05) is 18.2 Å². The lowest BCUT2D eigenvalue weighted by atomic mass is 9.40. The minimum Gasteiger partial charge on any atom is -0.497 e. The quantitative estimate of drug-likeness (QED) is 0.866. The highest BCUT2D eigenvalue weighted by Crippen LogP contribution is 2.69. The van der Waals surface area contributed by atoms with E-state index in [4.69, 9.17) is 9.47 Å². The molecule has 2 unspecified atom stereocenters. The van der Waals surface area contributed by atoms with Crippen molar-refractivity contribution in [3.8, 4) is 11.5 Å². The van der Waals surface area contributed by atoms with Crippen molar-refractivity contribution in [1.82, 2.24) is 0 Å². The third-order valence-electron chi connectivity index (χ3n) is 6.76. The maximum atomic E-state index is 13.4. The van der Waals surface area contributed by atoms with Crippen LogP contribution in [0, 0.1) is 22.2 Å². The Labute approximate surface area is 150 Å². The van der Waals surface area contributed by atoms with E-state index in [2.05, 4.69) is 19.2 Å². The molecule has 1 N–H and O–H groups in total. The summed E-state index contributed by atoms with van der Waals surface area (Å²) in [5.41, 5.74) is 1.18. The molecule has 4 saturated carbocycles. The molecule has 1 aromatic carbocycles. The summed E-state index contributed by atoms with van der Waals surface area (Å²) in [6.45, 7) is 4.79. The molecule has 1 amide bonds. The summed E-state index contributed by atoms with van der Waals surface area (Å²) in [6, 6.07) is 5.55. The van der Waals surface area contributed by atoms with Crippen LogP contribution < -0.4 is 14.8 Å². The van der Waals surface area contributed by atoms with Crippen LogP contribution in [0.2, 0.25) is 0 Å². The first-order chi connectivity index (χ1) is 11.8. The molecule has 0 saturated heterocycles. The van der Waals surface area contributed by atoms with Gasteiger partial charge in [-0.3, -0.25) is 4.79 Å². The topological polar surface area (TPSA) is 47.6 Å². The largest absolute Gasteiger partial charge is 0.497 e. The molecule has 25 heavy (non-hydrogen) atoms. The lowest BCUT2D eigenvalue weighted by Gasteiger charge is -2.64. The van der Waals surface area contributed by atoms with Gasteiger partial charge in [0.05, 0.1) is 25.3 Å². The first-order valence-electron chi connectivity index (χ1n) is 9.32. The molecule has 5 rings (SSSR count). The van der Waals surface area contributed by atoms with Gasteiger partial charge in [0.25, 0.3) is 0 Å². The molecule has 0 radical (unpaired) electrons. The van der Waals surface area contributed by atoms with Gasteiger partial charge in [0.15, 0.2) is 0 Å². The van der Waals surface area contributed by atoms with Crippen molar-refractivity contribution in [2.75, 3.05) is 19.5 Å². The summed E-state index contributed by atoms with van der Waals surface area (Å²) in [7, 11) is 3.25. The SMILES string of the molecule is COc1ccc(NC(=O)C23CC4CC(C)(CC(C)(C4)C2)C3)c(OC)c1. The standard InChI is InChI=1S/C21H29NO3/c1-19-8-14-9-20(2,11-19)13-21(10-14,12-19)18(23)22-16-6-5-15(24-3)7-17(16)25-4/h5-7,14H,8-13H2,1-4H3,(H,22,23). The minimum absolute atomic E-state index is 0.178. The molecule has 0 aliphatic heterocycles. The van der Waals surface area contributed by atoms with Crippen molar-refractivity contribution in [2.24, 2.45) is 22.2 Å². The molecule has 4 fully saturated rings. The Morgan fingerprint density at radius 3 is 2.28 bits per heavy atom. The number of hydrogen-bond donors (Lipinski definition) is 1. The minimum atomic E-state index is -0.214. The maximum absolute atomic E-state index is 13.4. The molecule has 0 aromatic heterocycles. The summed E-state index contributed by atoms with van der Waals surface area (Å²) in [5.74, 6) is 2.26. The van der Waals surface area contributed by atoms with E-state index >= 15 is 0 Å². The van der Waals surface area contributed by atoms with Gasteiger partial charge in [-0.2, -0.15) is 0 Å². The highest BCUT2D eigenvalue weighted by Gasteiger charge is 2.62. The number of rotatable bonds is 4. The van der Waals surface area contributed by atoms with Gasteiger partial charge in [-0.05, 0) is 67.4 Å². The predicted octanol–water partition coefficient (Wildman–Crippen LogP) is 4.64. The van der Waals surface area contributed by atoms with Crippen molar-refractivity contribution >= 4 is 11.6 Å². The van der Waals surface area contributed by atoms with Crippen LogP contribution in [0.1, 0.15) is 52.4 Å². The zero-order valence-electron chi connectivity index (χ0n) is 15.8. The Morgan fingerprint density at radius 1 is 1.04 bits per heavy atom. The third-order valence-corrected chi connectivity index (χ3v) is 6.76. The van der Waals surface area contributed by atoms with E-state index in [-0.39, 0.29) is 11.3 Å². The zero-order valence-corrected chi connectivity index (χ0v) is 15.8. The summed E-state index contributed by atoms with van der Waals surface area (Å²) in [6.07, 6.45) is 6.96. The van der Waals surface area contributed by atoms with Crippen LogP contribution in [0.25, 0.3) is 0 Å². The molecule has 4 bridgehead atoms. The Morgan fingerprint density at radius 2 is 1.72 bits per heavy atom. The Bertz CT molecular complexity index is 695. The van der Waals surface area contributed by atoms with Gasteiger partial charge in [-0.1, -0.05) is 13.8 Å². The Hall–Kier alpha value is -1.71. The van der Waals surface area contributed by atoms with Crippen molar-refractivity contribution in [3.05, 3.63) is 18.2 Å².